The molecule has 33 heavy (non-hydrogen) atoms. The Morgan fingerprint density at radius 1 is 0.545 bits per heavy atom. The second kappa shape index (κ2) is 7.87. The van der Waals surface area contributed by atoms with Gasteiger partial charge in [0.25, 0.3) is 0 Å². The van der Waals surface area contributed by atoms with Gasteiger partial charge in [-0.25, -0.2) is 0 Å². The van der Waals surface area contributed by atoms with Gasteiger partial charge in [0.2, 0.25) is 0 Å². The van der Waals surface area contributed by atoms with Crippen molar-refractivity contribution in [2.45, 2.75) is 0 Å². The molecule has 4 aromatic carbocycles. The molecule has 0 fully saturated rings. The predicted octanol–water partition coefficient (Wildman–Crippen LogP) is 4.75. The van der Waals surface area contributed by atoms with Crippen molar-refractivity contribution in [1.29, 1.82) is 0 Å². The van der Waals surface area contributed by atoms with Crippen molar-refractivity contribution in [3.05, 3.63) is 84.9 Å². The zero-order valence-electron chi connectivity index (χ0n) is 17.4. The molecule has 0 radical (unpaired) electrons. The number of para-hydroxylation sites is 4. The van der Waals surface area contributed by atoms with Crippen molar-refractivity contribution in [1.82, 2.24) is 9.97 Å². The number of fused-ring (bicyclic) bond motifs is 2. The second-order valence-electron chi connectivity index (χ2n) is 7.78. The van der Waals surface area contributed by atoms with Crippen LogP contribution in [-0.4, -0.2) is 20.2 Å². The summed E-state index contributed by atoms with van der Waals surface area (Å²) in [7, 11) is 0. The van der Waals surface area contributed by atoms with Crippen molar-refractivity contribution in [2.75, 3.05) is 0 Å². The van der Waals surface area contributed by atoms with Gasteiger partial charge in [-0.2, -0.15) is 0 Å². The molecule has 156 valence electrons. The summed E-state index contributed by atoms with van der Waals surface area (Å²) in [6.45, 7) is 0. The molecule has 0 aliphatic rings. The van der Waals surface area contributed by atoms with Gasteiger partial charge in [0.15, 0.2) is 0 Å². The van der Waals surface area contributed by atoms with Crippen LogP contribution in [0.25, 0.3) is 45.1 Å². The number of benzene rings is 4. The number of phenolic OH excluding ortho intramolecular Hbond substituents is 2. The van der Waals surface area contributed by atoms with Crippen LogP contribution >= 0.6 is 0 Å². The molecule has 6 rings (SSSR count). The van der Waals surface area contributed by atoms with Gasteiger partial charge in [-0.15, -0.1) is 0 Å². The van der Waals surface area contributed by atoms with E-state index in [2.05, 4.69) is 12.1 Å². The summed E-state index contributed by atoms with van der Waals surface area (Å²) in [6.07, 6.45) is 0. The second-order valence-corrected chi connectivity index (χ2v) is 11.7. The Morgan fingerprint density at radius 2 is 1.00 bits per heavy atom. The van der Waals surface area contributed by atoms with E-state index in [9.17, 15) is 10.2 Å². The molecule has 6 nitrogen and oxygen atoms in total. The van der Waals surface area contributed by atoms with Crippen LogP contribution < -0.4 is 8.32 Å². The van der Waals surface area contributed by atoms with Crippen LogP contribution in [0.4, 0.5) is 0 Å². The minimum absolute atomic E-state index is 0.135. The third-order valence-electron chi connectivity index (χ3n) is 5.65. The number of aromatic hydroxyl groups is 2. The summed E-state index contributed by atoms with van der Waals surface area (Å²) in [4.78, 5) is 9.46. The van der Waals surface area contributed by atoms with Gasteiger partial charge in [0.1, 0.15) is 0 Å². The Morgan fingerprint density at radius 3 is 1.45 bits per heavy atom. The fourth-order valence-electron chi connectivity index (χ4n) is 4.04. The molecule has 2 N–H and O–H groups in total. The van der Waals surface area contributed by atoms with E-state index in [4.69, 9.17) is 18.8 Å². The van der Waals surface area contributed by atoms with E-state index >= 15 is 0 Å². The van der Waals surface area contributed by atoms with Gasteiger partial charge in [-0.3, -0.25) is 0 Å². The Bertz CT molecular complexity index is 1520. The molecule has 0 bridgehead atoms. The van der Waals surface area contributed by atoms with Crippen LogP contribution in [0.15, 0.2) is 93.8 Å². The van der Waals surface area contributed by atoms with E-state index in [1.54, 1.807) is 36.4 Å². The van der Waals surface area contributed by atoms with Crippen molar-refractivity contribution in [2.24, 2.45) is 0 Å². The van der Waals surface area contributed by atoms with E-state index in [-0.39, 0.29) is 11.5 Å². The van der Waals surface area contributed by atoms with Crippen LogP contribution in [0.1, 0.15) is 0 Å². The number of hydrogen-bond donors (Lipinski definition) is 2. The topological polar surface area (TPSA) is 92.5 Å². The van der Waals surface area contributed by atoms with Gasteiger partial charge in [0, 0.05) is 0 Å². The number of oxazole rings is 2. The maximum absolute atomic E-state index is 10.2. The van der Waals surface area contributed by atoms with E-state index in [0.29, 0.717) is 34.1 Å². The monoisotopic (exact) mass is 484 g/mol. The van der Waals surface area contributed by atoms with Crippen LogP contribution in [0.3, 0.4) is 0 Å². The van der Waals surface area contributed by atoms with E-state index in [1.807, 2.05) is 36.4 Å². The molecule has 0 saturated carbocycles. The third kappa shape index (κ3) is 3.47. The molecule has 0 spiro atoms. The number of hydrogen-bond acceptors (Lipinski definition) is 6. The Hall–Kier alpha value is -3.96. The molecule has 0 atom stereocenters. The van der Waals surface area contributed by atoms with Crippen molar-refractivity contribution >= 4 is 30.5 Å². The van der Waals surface area contributed by atoms with Crippen LogP contribution in [0, 0.1) is 0 Å². The quantitative estimate of drug-likeness (QED) is 0.350. The summed E-state index contributed by atoms with van der Waals surface area (Å²) in [5.41, 5.74) is 4.16. The molecular weight excluding hydrogens is 470 g/mol. The Labute approximate surface area is 195 Å². The zero-order valence-corrected chi connectivity index (χ0v) is 20.4. The molecule has 2 heterocycles. The Balaban J connectivity index is 1.43. The number of nitrogens with zero attached hydrogens (tertiary/aromatic N) is 2. The maximum atomic E-state index is 10.2. The van der Waals surface area contributed by atoms with E-state index in [1.165, 1.54) is 0 Å². The summed E-state index contributed by atoms with van der Waals surface area (Å²) < 4.78 is 14.3. The molecular formula is C26H16N2O4Zn. The van der Waals surface area contributed by atoms with Crippen molar-refractivity contribution in [3.8, 4) is 34.4 Å². The fourth-order valence-corrected chi connectivity index (χ4v) is 7.73. The van der Waals surface area contributed by atoms with Crippen molar-refractivity contribution < 1.29 is 36.2 Å². The first-order chi connectivity index (χ1) is 16.2. The standard InChI is InChI=1S/2C13H8NO2.Zn/c2*15-11-7-3-1-5-9(11)13-14-10-6-2-4-8-12(10)16-13;/h2*1-5,7-8,15H;. The fraction of sp³-hybridized carbons (Fsp3) is 0. The predicted molar refractivity (Wildman–Crippen MR) is 121 cm³/mol. The molecule has 0 aliphatic heterocycles. The Kier molecular flexibility index (Phi) is 4.70. The van der Waals surface area contributed by atoms with Crippen LogP contribution in [0.5, 0.6) is 11.5 Å². The van der Waals surface area contributed by atoms with Gasteiger partial charge in [-0.1, -0.05) is 0 Å². The SMILES string of the molecule is Oc1ccccc1-c1nc2[c]([Zn][c]3cccc4oc(-c5ccccc5O)nc34)cccc2o1. The molecule has 0 unspecified atom stereocenters. The first kappa shape index (κ1) is 19.7. The molecule has 0 aliphatic carbocycles. The average molecular weight is 486 g/mol. The third-order valence-corrected chi connectivity index (χ3v) is 9.65. The van der Waals surface area contributed by atoms with Gasteiger partial charge in [0.05, 0.1) is 0 Å². The zero-order chi connectivity index (χ0) is 22.4. The minimum atomic E-state index is -1.55. The van der Waals surface area contributed by atoms with Crippen LogP contribution in [-0.2, 0) is 17.1 Å². The number of phenols is 2. The number of aromatic nitrogens is 2. The molecule has 2 aromatic heterocycles. The molecule has 0 saturated heterocycles. The summed E-state index contributed by atoms with van der Waals surface area (Å²) in [6, 6.07) is 25.9. The average Bonchev–Trinajstić information content (AvgIpc) is 3.45. The van der Waals surface area contributed by atoms with Gasteiger partial charge in [-0.05, 0) is 0 Å². The van der Waals surface area contributed by atoms with Gasteiger partial charge >= 0.3 is 196 Å². The number of rotatable bonds is 4. The van der Waals surface area contributed by atoms with Crippen molar-refractivity contribution in [3.63, 3.8) is 0 Å². The van der Waals surface area contributed by atoms with Crippen LogP contribution in [0.2, 0.25) is 0 Å². The molecule has 6 aromatic rings. The first-order valence-corrected chi connectivity index (χ1v) is 13.5. The molecule has 0 amide bonds. The van der Waals surface area contributed by atoms with E-state index in [0.717, 1.165) is 19.3 Å². The summed E-state index contributed by atoms with van der Waals surface area (Å²) >= 11 is -1.55. The normalized spacial score (nSPS) is 11.2. The summed E-state index contributed by atoms with van der Waals surface area (Å²) in [5, 5.41) is 20.4. The molecule has 7 heteroatoms. The van der Waals surface area contributed by atoms with Gasteiger partial charge < -0.3 is 0 Å². The first-order valence-electron chi connectivity index (χ1n) is 10.5. The summed E-state index contributed by atoms with van der Waals surface area (Å²) in [5.74, 6) is 1.08. The van der Waals surface area contributed by atoms with E-state index < -0.39 is 17.1 Å².